The van der Waals surface area contributed by atoms with Crippen LogP contribution in [0.3, 0.4) is 0 Å². The van der Waals surface area contributed by atoms with Crippen molar-refractivity contribution in [2.24, 2.45) is 0 Å². The lowest BCUT2D eigenvalue weighted by Gasteiger charge is -2.31. The molecule has 3 aromatic rings. The minimum atomic E-state index is -2.17. The first-order valence-electron chi connectivity index (χ1n) is 10.5. The zero-order valence-corrected chi connectivity index (χ0v) is 17.9. The van der Waals surface area contributed by atoms with Crippen LogP contribution >= 0.6 is 0 Å². The second-order valence-electron chi connectivity index (χ2n) is 7.63. The fraction of sp³-hybridized carbons (Fsp3) is 0.409. The molecule has 0 radical (unpaired) electrons. The predicted octanol–water partition coefficient (Wildman–Crippen LogP) is 3.41. The number of morpholine rings is 1. The van der Waals surface area contributed by atoms with E-state index in [4.69, 9.17) is 9.47 Å². The van der Waals surface area contributed by atoms with Crippen molar-refractivity contribution in [3.63, 3.8) is 0 Å². The highest BCUT2D eigenvalue weighted by molar-refractivity contribution is 6.09. The zero-order valence-electron chi connectivity index (χ0n) is 17.9. The van der Waals surface area contributed by atoms with E-state index in [1.54, 1.807) is 29.2 Å². The number of carbonyl (C=O) groups excluding carboxylic acids is 1. The van der Waals surface area contributed by atoms with Gasteiger partial charge in [0.05, 0.1) is 30.8 Å². The molecule has 0 aliphatic carbocycles. The fourth-order valence-electron chi connectivity index (χ4n) is 3.79. The molecule has 2 aromatic heterocycles. The maximum atomic E-state index is 13.0. The maximum Gasteiger partial charge on any atom is 0.261 e. The quantitative estimate of drug-likeness (QED) is 0.666. The number of hydrogen-bond acceptors (Lipinski definition) is 6. The van der Waals surface area contributed by atoms with Crippen LogP contribution in [0.25, 0.3) is 5.65 Å². The van der Waals surface area contributed by atoms with E-state index in [2.05, 4.69) is 27.2 Å². The molecular weight excluding hydrogens is 420 g/mol. The van der Waals surface area contributed by atoms with Crippen LogP contribution in [0.15, 0.2) is 36.8 Å². The van der Waals surface area contributed by atoms with Gasteiger partial charge >= 0.3 is 0 Å². The number of anilines is 2. The molecule has 1 amide bonds. The van der Waals surface area contributed by atoms with E-state index in [0.717, 1.165) is 49.1 Å². The minimum Gasteiger partial charge on any atom is -0.490 e. The first-order chi connectivity index (χ1) is 15.4. The number of aromatic nitrogens is 3. The van der Waals surface area contributed by atoms with Crippen molar-refractivity contribution in [2.75, 3.05) is 36.5 Å². The summed E-state index contributed by atoms with van der Waals surface area (Å²) in [5.74, 6) is 0.666. The summed E-state index contributed by atoms with van der Waals surface area (Å²) in [6.45, 7) is 5.77. The summed E-state index contributed by atoms with van der Waals surface area (Å²) < 4.78 is 33.7. The molecule has 4 heterocycles. The Kier molecular flexibility index (Phi) is 6.50. The van der Waals surface area contributed by atoms with Gasteiger partial charge in [-0.25, -0.2) is 18.3 Å². The molecule has 1 fully saturated rings. The molecular formula is C22H25F2N5O3. The number of amides is 1. The lowest BCUT2D eigenvalue weighted by Crippen LogP contribution is -2.36. The molecule has 1 atom stereocenters. The van der Waals surface area contributed by atoms with Crippen LogP contribution in [0, 0.1) is 0 Å². The number of nitrogens with one attached hydrogen (secondary N) is 1. The lowest BCUT2D eigenvalue weighted by atomic mass is 10.1. The Labute approximate surface area is 184 Å². The van der Waals surface area contributed by atoms with Crippen LogP contribution in [0.1, 0.15) is 29.8 Å². The third kappa shape index (κ3) is 4.80. The van der Waals surface area contributed by atoms with E-state index in [0.29, 0.717) is 24.4 Å². The van der Waals surface area contributed by atoms with Crippen molar-refractivity contribution in [1.82, 2.24) is 14.6 Å². The molecule has 1 aromatic carbocycles. The van der Waals surface area contributed by atoms with Gasteiger partial charge in [-0.2, -0.15) is 5.10 Å². The van der Waals surface area contributed by atoms with E-state index in [9.17, 15) is 13.6 Å². The molecule has 0 bridgehead atoms. The average molecular weight is 445 g/mol. The monoisotopic (exact) mass is 445 g/mol. The third-order valence-electron chi connectivity index (χ3n) is 5.14. The van der Waals surface area contributed by atoms with Crippen molar-refractivity contribution < 1.29 is 23.0 Å². The maximum absolute atomic E-state index is 13.0. The van der Waals surface area contributed by atoms with Crippen LogP contribution in [0.2, 0.25) is 0 Å². The largest absolute Gasteiger partial charge is 0.490 e. The molecule has 2 aliphatic rings. The molecule has 10 heteroatoms. The van der Waals surface area contributed by atoms with Crippen molar-refractivity contribution in [3.8, 4) is 5.75 Å². The Morgan fingerprint density at radius 1 is 1.28 bits per heavy atom. The molecule has 1 saturated heterocycles. The van der Waals surface area contributed by atoms with Crippen molar-refractivity contribution >= 4 is 22.9 Å². The number of benzene rings is 1. The van der Waals surface area contributed by atoms with Crippen LogP contribution in [0.5, 0.6) is 5.75 Å². The summed E-state index contributed by atoms with van der Waals surface area (Å²) >= 11 is 0. The summed E-state index contributed by atoms with van der Waals surface area (Å²) in [6, 6.07) is 5.84. The zero-order chi connectivity index (χ0) is 22.7. The molecule has 1 unspecified atom stereocenters. The fourth-order valence-corrected chi connectivity index (χ4v) is 3.79. The van der Waals surface area contributed by atoms with E-state index >= 15 is 0 Å². The van der Waals surface area contributed by atoms with Gasteiger partial charge in [0, 0.05) is 43.5 Å². The molecule has 1 N–H and O–H groups in total. The molecule has 32 heavy (non-hydrogen) atoms. The van der Waals surface area contributed by atoms with Gasteiger partial charge in [-0.05, 0) is 26.0 Å². The molecule has 0 saturated carbocycles. The van der Waals surface area contributed by atoms with Gasteiger partial charge in [0.15, 0.2) is 5.65 Å². The number of alkyl halides is 2. The van der Waals surface area contributed by atoms with E-state index < -0.39 is 6.43 Å². The highest BCUT2D eigenvalue weighted by Crippen LogP contribution is 2.39. The van der Waals surface area contributed by atoms with Gasteiger partial charge in [-0.3, -0.25) is 4.79 Å². The van der Waals surface area contributed by atoms with Crippen LogP contribution in [-0.2, 0) is 11.2 Å². The highest BCUT2D eigenvalue weighted by Gasteiger charge is 2.25. The normalized spacial score (nSPS) is 17.5. The average Bonchev–Trinajstić information content (AvgIpc) is 3.35. The van der Waals surface area contributed by atoms with Gasteiger partial charge in [-0.15, -0.1) is 0 Å². The van der Waals surface area contributed by atoms with Gasteiger partial charge in [0.2, 0.25) is 6.43 Å². The van der Waals surface area contributed by atoms with Crippen molar-refractivity contribution in [3.05, 3.63) is 47.9 Å². The second-order valence-corrected chi connectivity index (χ2v) is 7.63. The Hall–Kier alpha value is -3.27. The van der Waals surface area contributed by atoms with Gasteiger partial charge in [-0.1, -0.05) is 0 Å². The Morgan fingerprint density at radius 2 is 2.03 bits per heavy atom. The van der Waals surface area contributed by atoms with Crippen LogP contribution in [-0.4, -0.2) is 59.3 Å². The number of ether oxygens (including phenoxy) is 2. The molecule has 170 valence electrons. The topological polar surface area (TPSA) is 81.0 Å². The van der Waals surface area contributed by atoms with Crippen molar-refractivity contribution in [1.29, 1.82) is 0 Å². The third-order valence-corrected chi connectivity index (χ3v) is 5.14. The van der Waals surface area contributed by atoms with Gasteiger partial charge < -0.3 is 19.7 Å². The van der Waals surface area contributed by atoms with Gasteiger partial charge in [0.1, 0.15) is 17.4 Å². The number of hydrogen-bond donors (Lipinski definition) is 1. The van der Waals surface area contributed by atoms with E-state index in [1.807, 2.05) is 12.1 Å². The molecule has 2 aliphatic heterocycles. The smallest absolute Gasteiger partial charge is 0.261 e. The SMILES string of the molecule is CC(F)F.CC1Cc2cc(NC(=O)c3cnn4cccnc34)c(N3CCOCC3)cc2O1. The summed E-state index contributed by atoms with van der Waals surface area (Å²) in [6.07, 6.45) is 3.78. The lowest BCUT2D eigenvalue weighted by molar-refractivity contribution is 0.102. The first-order valence-corrected chi connectivity index (χ1v) is 10.5. The molecule has 0 spiro atoms. The standard InChI is InChI=1S/C20H21N5O3.C2H4F2/c1-13-9-14-10-16(17(11-18(14)28-13)24-5-7-27-8-6-24)23-20(26)15-12-22-25-4-2-3-21-19(15)25;1-2(3)4/h2-4,10-13H,5-9H2,1H3,(H,23,26);2H,1H3. The summed E-state index contributed by atoms with van der Waals surface area (Å²) in [4.78, 5) is 19.5. The van der Waals surface area contributed by atoms with Gasteiger partial charge in [0.25, 0.3) is 5.91 Å². The van der Waals surface area contributed by atoms with Crippen molar-refractivity contribution in [2.45, 2.75) is 32.8 Å². The Balaban J connectivity index is 0.000000567. The number of nitrogens with zero attached hydrogens (tertiary/aromatic N) is 4. The summed E-state index contributed by atoms with van der Waals surface area (Å²) in [7, 11) is 0. The highest BCUT2D eigenvalue weighted by atomic mass is 19.3. The molecule has 8 nitrogen and oxygen atoms in total. The van der Waals surface area contributed by atoms with Crippen LogP contribution < -0.4 is 15.0 Å². The Bertz CT molecular complexity index is 1100. The Morgan fingerprint density at radius 3 is 2.78 bits per heavy atom. The number of carbonyl (C=O) groups is 1. The number of fused-ring (bicyclic) bond motifs is 2. The van der Waals surface area contributed by atoms with E-state index in [1.165, 1.54) is 0 Å². The predicted molar refractivity (Wildman–Crippen MR) is 116 cm³/mol. The molecule has 5 rings (SSSR count). The number of rotatable bonds is 3. The van der Waals surface area contributed by atoms with E-state index in [-0.39, 0.29) is 12.0 Å². The number of halogens is 2. The minimum absolute atomic E-state index is 0.141. The first kappa shape index (κ1) is 21.9. The van der Waals surface area contributed by atoms with Crippen LogP contribution in [0.4, 0.5) is 20.2 Å². The second kappa shape index (κ2) is 9.47. The summed E-state index contributed by atoms with van der Waals surface area (Å²) in [5, 5.41) is 7.28. The summed E-state index contributed by atoms with van der Waals surface area (Å²) in [5.41, 5.74) is 3.81.